The fraction of sp³-hybridized carbons (Fsp3) is 0.424. The monoisotopic (exact) mass is 1300 g/mol. The Morgan fingerprint density at radius 3 is 1.32 bits per heavy atom. The molecule has 4 aromatic carbocycles. The molecule has 0 spiro atoms. The third-order valence-electron chi connectivity index (χ3n) is 15.8. The van der Waals surface area contributed by atoms with Crippen molar-refractivity contribution in [2.45, 2.75) is 117 Å². The van der Waals surface area contributed by atoms with Gasteiger partial charge in [-0.15, -0.1) is 0 Å². The van der Waals surface area contributed by atoms with Crippen molar-refractivity contribution in [3.63, 3.8) is 0 Å². The number of nitrogens with one attached hydrogen (secondary N) is 8. The molecule has 0 bridgehead atoms. The molecule has 2 aliphatic heterocycles. The molecule has 486 valence electrons. The highest BCUT2D eigenvalue weighted by atomic mass is 35.5. The molecule has 8 rings (SSSR count). The number of methoxy groups -OCH3 is 2. The summed E-state index contributed by atoms with van der Waals surface area (Å²) in [6, 6.07) is 12.6. The standard InChI is InChI=1S/C66H78Cl2N14O10/c1-37(69-9)59(83)79-55(65(3,4)5)63(87)81-25-17-19-49(81)61(85)77-47-31-41-45(33-53(47)89-11)71-35-73-57(41)75-39-21-23-51(43(67)29-39)91-27-15-13-14-16-28-92-52-24-22-40(30-44(52)68)76-58-42-32-48(54(90-12)34-46(42)72-36-74-58)78-62(86)50-20-18-26-82(50)64(88)56(66(6,7)8)80-60(84)38(2)70-10/h21-24,29-38,49-50,55-56,69-70H,17-20,25-28H2,1-12H3,(H,77,85)(H,78,86)(H,79,83)(H,80,84)(H,71,73,75)(H,72,74,76)/t37-,38-,49-,50+,55+,56+/m0/s1. The highest BCUT2D eigenvalue weighted by Crippen LogP contribution is 2.38. The summed E-state index contributed by atoms with van der Waals surface area (Å²) >= 11 is 13.4. The molecule has 8 N–H and O–H groups in total. The normalized spacial score (nSPS) is 15.9. The zero-order chi connectivity index (χ0) is 66.6. The van der Waals surface area contributed by atoms with Crippen molar-refractivity contribution >= 4 is 115 Å². The second kappa shape index (κ2) is 30.3. The highest BCUT2D eigenvalue weighted by molar-refractivity contribution is 6.32. The Hall–Kier alpha value is -9.20. The van der Waals surface area contributed by atoms with Crippen molar-refractivity contribution in [1.82, 2.24) is 51.0 Å². The quantitative estimate of drug-likeness (QED) is 0.0299. The van der Waals surface area contributed by atoms with E-state index in [4.69, 9.17) is 42.1 Å². The summed E-state index contributed by atoms with van der Waals surface area (Å²) < 4.78 is 23.0. The summed E-state index contributed by atoms with van der Waals surface area (Å²) in [6.45, 7) is 15.3. The molecule has 26 heteroatoms. The van der Waals surface area contributed by atoms with Crippen molar-refractivity contribution in [2.75, 3.05) is 75.9 Å². The first-order valence-corrected chi connectivity index (χ1v) is 30.8. The van der Waals surface area contributed by atoms with Crippen molar-refractivity contribution < 1.29 is 47.7 Å². The van der Waals surface area contributed by atoms with Crippen molar-refractivity contribution in [1.29, 1.82) is 0 Å². The number of ether oxygens (including phenoxy) is 4. The number of likely N-dealkylation sites (tertiary alicyclic amines) is 2. The van der Waals surface area contributed by atoms with Gasteiger partial charge >= 0.3 is 0 Å². The Bertz CT molecular complexity index is 3640. The zero-order valence-corrected chi connectivity index (χ0v) is 55.1. The lowest BCUT2D eigenvalue weighted by molar-refractivity contribution is -0.143. The number of carbonyl (C=O) groups is 6. The Kier molecular flexibility index (Phi) is 22.6. The molecule has 6 aromatic rings. The molecule has 4 heterocycles. The van der Waals surface area contributed by atoms with Crippen LogP contribution >= 0.6 is 23.2 Å². The fourth-order valence-corrected chi connectivity index (χ4v) is 10.9. The van der Waals surface area contributed by atoms with Gasteiger partial charge in [0.05, 0.1) is 58.8 Å². The van der Waals surface area contributed by atoms with Gasteiger partial charge < -0.3 is 71.3 Å². The predicted octanol–water partition coefficient (Wildman–Crippen LogP) is 7.99. The molecule has 0 radical (unpaired) electrons. The maximum Gasteiger partial charge on any atom is 0.247 e. The number of halogens is 2. The molecular weight excluding hydrogens is 1220 g/mol. The number of nitrogens with zero attached hydrogens (tertiary/aromatic N) is 6. The van der Waals surface area contributed by atoms with Crippen molar-refractivity contribution in [3.05, 3.63) is 83.4 Å². The molecule has 6 amide bonds. The number of anilines is 6. The Morgan fingerprint density at radius 1 is 0.576 bits per heavy atom. The third-order valence-corrected chi connectivity index (χ3v) is 16.4. The van der Waals surface area contributed by atoms with Gasteiger partial charge in [0.15, 0.2) is 0 Å². The number of benzene rings is 4. The van der Waals surface area contributed by atoms with Gasteiger partial charge in [-0.2, -0.15) is 0 Å². The van der Waals surface area contributed by atoms with Gasteiger partial charge in [-0.1, -0.05) is 64.7 Å². The summed E-state index contributed by atoms with van der Waals surface area (Å²) in [4.78, 5) is 103. The maximum atomic E-state index is 14.1. The number of fused-ring (bicyclic) bond motifs is 2. The van der Waals surface area contributed by atoms with Crippen LogP contribution in [0.5, 0.6) is 23.0 Å². The Morgan fingerprint density at radius 2 is 0.967 bits per heavy atom. The number of aromatic nitrogens is 4. The van der Waals surface area contributed by atoms with E-state index in [0.29, 0.717) is 128 Å². The van der Waals surface area contributed by atoms with Crippen LogP contribution in [0.2, 0.25) is 10.0 Å². The van der Waals surface area contributed by atoms with Crippen LogP contribution in [-0.4, -0.2) is 156 Å². The molecule has 2 saturated heterocycles. The van der Waals surface area contributed by atoms with Gasteiger partial charge in [0.1, 0.15) is 84.7 Å². The summed E-state index contributed by atoms with van der Waals surface area (Å²) in [5, 5.41) is 25.8. The van der Waals surface area contributed by atoms with E-state index in [9.17, 15) is 28.8 Å². The first-order chi connectivity index (χ1) is 43.8. The van der Waals surface area contributed by atoms with E-state index in [1.165, 1.54) is 26.9 Å². The highest BCUT2D eigenvalue weighted by Gasteiger charge is 2.44. The Labute approximate surface area is 545 Å². The number of likely N-dealkylation sites (N-methyl/N-ethyl adjacent to an activating group) is 2. The van der Waals surface area contributed by atoms with E-state index in [1.54, 1.807) is 98.4 Å². The second-order valence-corrected chi connectivity index (χ2v) is 25.1. The first-order valence-electron chi connectivity index (χ1n) is 30.0. The lowest BCUT2D eigenvalue weighted by Gasteiger charge is -2.36. The molecule has 0 aliphatic carbocycles. The van der Waals surface area contributed by atoms with Crippen LogP contribution in [0.1, 0.15) is 81.1 Å². The fourth-order valence-electron chi connectivity index (χ4n) is 10.4. The molecule has 0 unspecified atom stereocenters. The van der Waals surface area contributed by atoms with Gasteiger partial charge in [0.2, 0.25) is 35.4 Å². The summed E-state index contributed by atoms with van der Waals surface area (Å²) in [5.74, 6) is 11.4. The Balaban J connectivity index is 0.844. The molecule has 24 nitrogen and oxygen atoms in total. The van der Waals surface area contributed by atoms with Crippen LogP contribution in [0, 0.1) is 34.5 Å². The largest absolute Gasteiger partial charge is 0.494 e. The number of hydrogen-bond donors (Lipinski definition) is 8. The number of carbonyl (C=O) groups excluding carboxylic acids is 6. The van der Waals surface area contributed by atoms with Gasteiger partial charge in [-0.25, -0.2) is 19.9 Å². The van der Waals surface area contributed by atoms with Crippen molar-refractivity contribution in [2.24, 2.45) is 10.8 Å². The average molecular weight is 1300 g/mol. The first kappa shape index (κ1) is 68.7. The minimum atomic E-state index is -0.866. The number of rotatable bonds is 22. The summed E-state index contributed by atoms with van der Waals surface area (Å²) in [5.41, 5.74) is 1.63. The summed E-state index contributed by atoms with van der Waals surface area (Å²) in [6.07, 6.45) is 4.88. The van der Waals surface area contributed by atoms with E-state index in [2.05, 4.69) is 86.2 Å². The van der Waals surface area contributed by atoms with Gasteiger partial charge in [0.25, 0.3) is 0 Å². The van der Waals surface area contributed by atoms with E-state index >= 15 is 0 Å². The number of amides is 6. The van der Waals surface area contributed by atoms with Crippen LogP contribution in [0.25, 0.3) is 21.8 Å². The van der Waals surface area contributed by atoms with Crippen LogP contribution < -0.4 is 61.5 Å². The lowest BCUT2D eigenvalue weighted by Crippen LogP contribution is -2.59. The molecule has 0 saturated carbocycles. The van der Waals surface area contributed by atoms with Crippen LogP contribution in [-0.2, 0) is 28.8 Å². The van der Waals surface area contributed by atoms with Crippen molar-refractivity contribution in [3.8, 4) is 46.7 Å². The van der Waals surface area contributed by atoms with E-state index in [0.717, 1.165) is 0 Å². The average Bonchev–Trinajstić information content (AvgIpc) is 1.11. The SMILES string of the molecule is CN[C@@H](C)C(=O)N[C@H](C(=O)N1CCC[C@@H]1C(=O)Nc1cc2c(Nc3ccc(OCC#CC#CCOc4ccc(Nc5ncnc6cc(OC)c(NC(=O)[C@@H]7CCCN7C(=O)[C@@H](NC(=O)[C@H](C)NC)C(C)(C)C)cc56)cc4Cl)c(Cl)c3)ncnc2cc1OC)C(C)(C)C. The molecule has 6 atom stereocenters. The second-order valence-electron chi connectivity index (χ2n) is 24.3. The third kappa shape index (κ3) is 16.6. The molecule has 92 heavy (non-hydrogen) atoms. The molecule has 2 fully saturated rings. The maximum absolute atomic E-state index is 14.1. The molecular formula is C66H78Cl2N14O10. The predicted molar refractivity (Wildman–Crippen MR) is 355 cm³/mol. The smallest absolute Gasteiger partial charge is 0.247 e. The topological polar surface area (TPSA) is 294 Å². The lowest BCUT2D eigenvalue weighted by atomic mass is 9.85. The van der Waals surface area contributed by atoms with Crippen LogP contribution in [0.4, 0.5) is 34.4 Å². The summed E-state index contributed by atoms with van der Waals surface area (Å²) in [7, 11) is 6.30. The molecule has 2 aromatic heterocycles. The van der Waals surface area contributed by atoms with E-state index < -0.39 is 58.9 Å². The van der Waals surface area contributed by atoms with Crippen LogP contribution in [0.3, 0.4) is 0 Å². The van der Waals surface area contributed by atoms with Gasteiger partial charge in [0, 0.05) is 47.4 Å². The van der Waals surface area contributed by atoms with E-state index in [1.807, 2.05) is 41.5 Å². The zero-order valence-electron chi connectivity index (χ0n) is 53.6. The van der Waals surface area contributed by atoms with Crippen LogP contribution in [0.15, 0.2) is 73.3 Å². The minimum Gasteiger partial charge on any atom is -0.494 e. The molecule has 2 aliphatic rings. The number of hydrogen-bond acceptors (Lipinski definition) is 18. The van der Waals surface area contributed by atoms with Gasteiger partial charge in [-0.05, 0) is 137 Å². The van der Waals surface area contributed by atoms with Gasteiger partial charge in [-0.3, -0.25) is 28.8 Å². The minimum absolute atomic E-state index is 0.0172. The van der Waals surface area contributed by atoms with E-state index in [-0.39, 0.29) is 36.8 Å².